The van der Waals surface area contributed by atoms with Gasteiger partial charge in [0.05, 0.1) is 6.10 Å². The van der Waals surface area contributed by atoms with Crippen molar-refractivity contribution in [3.8, 4) is 0 Å². The lowest BCUT2D eigenvalue weighted by Crippen LogP contribution is -2.30. The molecule has 0 aliphatic rings. The van der Waals surface area contributed by atoms with Crippen molar-refractivity contribution in [3.05, 3.63) is 12.2 Å². The Kier molecular flexibility index (Phi) is 6.93. The number of rotatable bonds is 7. The van der Waals surface area contributed by atoms with Gasteiger partial charge in [-0.2, -0.15) is 8.78 Å². The van der Waals surface area contributed by atoms with Crippen molar-refractivity contribution in [3.63, 3.8) is 0 Å². The number of carbonyl (C=O) groups excluding carboxylic acids is 1. The first-order valence-corrected chi connectivity index (χ1v) is 5.66. The van der Waals surface area contributed by atoms with E-state index < -0.39 is 18.0 Å². The fourth-order valence-corrected chi connectivity index (χ4v) is 1.10. The van der Waals surface area contributed by atoms with Crippen LogP contribution in [0.25, 0.3) is 0 Å². The summed E-state index contributed by atoms with van der Waals surface area (Å²) in [6, 6.07) is 0. The summed E-state index contributed by atoms with van der Waals surface area (Å²) in [7, 11) is 0. The summed E-state index contributed by atoms with van der Waals surface area (Å²) >= 11 is 0. The van der Waals surface area contributed by atoms with Gasteiger partial charge in [0.15, 0.2) is 0 Å². The molecule has 0 bridgehead atoms. The number of alkyl halides is 2. The molecule has 0 aromatic carbocycles. The van der Waals surface area contributed by atoms with E-state index in [2.05, 4.69) is 4.74 Å². The Hall–Kier alpha value is -0.930. The van der Waals surface area contributed by atoms with Crippen LogP contribution in [0.5, 0.6) is 0 Å². The summed E-state index contributed by atoms with van der Waals surface area (Å²) < 4.78 is 30.7. The van der Waals surface area contributed by atoms with Crippen LogP contribution in [0.1, 0.15) is 46.5 Å². The summed E-state index contributed by atoms with van der Waals surface area (Å²) in [4.78, 5) is 11.0. The van der Waals surface area contributed by atoms with Crippen molar-refractivity contribution in [1.29, 1.82) is 0 Å². The van der Waals surface area contributed by atoms with Gasteiger partial charge in [-0.05, 0) is 32.8 Å². The van der Waals surface area contributed by atoms with Crippen molar-refractivity contribution in [2.75, 3.05) is 0 Å². The van der Waals surface area contributed by atoms with Crippen LogP contribution in [0, 0.1) is 0 Å². The monoisotopic (exact) mass is 234 g/mol. The predicted octanol–water partition coefficient (Wildman–Crippen LogP) is 3.71. The van der Waals surface area contributed by atoms with Gasteiger partial charge in [-0.25, -0.2) is 4.79 Å². The van der Waals surface area contributed by atoms with Crippen molar-refractivity contribution >= 4 is 5.97 Å². The summed E-state index contributed by atoms with van der Waals surface area (Å²) in [5.74, 6) is -4.98. The van der Waals surface area contributed by atoms with Crippen LogP contribution in [0.15, 0.2) is 12.2 Å². The molecule has 0 radical (unpaired) electrons. The van der Waals surface area contributed by atoms with E-state index in [-0.39, 0.29) is 0 Å². The summed E-state index contributed by atoms with van der Waals surface area (Å²) in [5, 5.41) is 0. The number of unbranched alkanes of at least 4 members (excludes halogenated alkanes) is 3. The lowest BCUT2D eigenvalue weighted by Gasteiger charge is -2.13. The minimum Gasteiger partial charge on any atom is -0.458 e. The summed E-state index contributed by atoms with van der Waals surface area (Å²) in [6.07, 6.45) is 4.93. The minimum absolute atomic E-state index is 0.521. The first-order chi connectivity index (χ1) is 7.40. The molecule has 0 aromatic rings. The maximum Gasteiger partial charge on any atom is 0.381 e. The average Bonchev–Trinajstić information content (AvgIpc) is 2.16. The van der Waals surface area contributed by atoms with E-state index in [1.54, 1.807) is 13.8 Å². The van der Waals surface area contributed by atoms with E-state index in [0.29, 0.717) is 12.5 Å². The summed E-state index contributed by atoms with van der Waals surface area (Å²) in [6.45, 7) is 5.12. The first-order valence-electron chi connectivity index (χ1n) is 5.66. The van der Waals surface area contributed by atoms with Gasteiger partial charge in [0.25, 0.3) is 0 Å². The first kappa shape index (κ1) is 15.1. The van der Waals surface area contributed by atoms with E-state index in [0.717, 1.165) is 19.3 Å². The number of hydrogen-bond donors (Lipinski definition) is 0. The Morgan fingerprint density at radius 3 is 2.50 bits per heavy atom. The molecule has 0 saturated heterocycles. The highest BCUT2D eigenvalue weighted by Crippen LogP contribution is 2.19. The third-order valence-corrected chi connectivity index (χ3v) is 1.92. The number of halogens is 2. The third-order valence-electron chi connectivity index (χ3n) is 1.92. The molecule has 0 fully saturated rings. The van der Waals surface area contributed by atoms with Crippen LogP contribution in [-0.4, -0.2) is 18.0 Å². The molecule has 0 rings (SSSR count). The molecule has 0 amide bonds. The molecule has 16 heavy (non-hydrogen) atoms. The topological polar surface area (TPSA) is 26.3 Å². The second kappa shape index (κ2) is 7.36. The highest BCUT2D eigenvalue weighted by atomic mass is 19.3. The van der Waals surface area contributed by atoms with Crippen LogP contribution < -0.4 is 0 Å². The van der Waals surface area contributed by atoms with Crippen molar-refractivity contribution < 1.29 is 18.3 Å². The Balaban J connectivity index is 4.06. The predicted molar refractivity (Wildman–Crippen MR) is 59.5 cm³/mol. The zero-order chi connectivity index (χ0) is 12.6. The highest BCUT2D eigenvalue weighted by molar-refractivity contribution is 5.80. The minimum atomic E-state index is -3.50. The second-order valence-electron chi connectivity index (χ2n) is 3.98. The number of ether oxygens (including phenoxy) is 1. The molecule has 94 valence electrons. The molecular weight excluding hydrogens is 214 g/mol. The van der Waals surface area contributed by atoms with Gasteiger partial charge in [-0.3, -0.25) is 0 Å². The van der Waals surface area contributed by atoms with Gasteiger partial charge in [0.1, 0.15) is 0 Å². The number of esters is 1. The fraction of sp³-hybridized carbons (Fsp3) is 0.750. The lowest BCUT2D eigenvalue weighted by atomic mass is 10.2. The molecule has 0 aliphatic carbocycles. The number of carbonyl (C=O) groups is 1. The molecule has 0 heterocycles. The molecule has 0 atom stereocenters. The van der Waals surface area contributed by atoms with Crippen LogP contribution in [0.4, 0.5) is 8.78 Å². The Labute approximate surface area is 95.7 Å². The van der Waals surface area contributed by atoms with E-state index >= 15 is 0 Å². The molecule has 0 aliphatic heterocycles. The fourth-order valence-electron chi connectivity index (χ4n) is 1.10. The maximum absolute atomic E-state index is 13.1. The molecule has 0 unspecified atom stereocenters. The largest absolute Gasteiger partial charge is 0.458 e. The highest BCUT2D eigenvalue weighted by Gasteiger charge is 2.37. The van der Waals surface area contributed by atoms with Gasteiger partial charge in [-0.15, -0.1) is 0 Å². The van der Waals surface area contributed by atoms with Crippen LogP contribution in [0.2, 0.25) is 0 Å². The van der Waals surface area contributed by atoms with E-state index in [1.807, 2.05) is 6.92 Å². The molecule has 2 nitrogen and oxygen atoms in total. The zero-order valence-electron chi connectivity index (χ0n) is 10.1. The molecule has 0 spiro atoms. The standard InChI is InChI=1S/C12H20F2O2/c1-4-5-6-7-8-9-12(13,14)11(15)16-10(2)3/h8-10H,4-7H2,1-3H3/b9-8+. The van der Waals surface area contributed by atoms with Crippen LogP contribution in [0.3, 0.4) is 0 Å². The zero-order valence-corrected chi connectivity index (χ0v) is 10.1. The molecule has 0 N–H and O–H groups in total. The van der Waals surface area contributed by atoms with Crippen LogP contribution in [-0.2, 0) is 9.53 Å². The van der Waals surface area contributed by atoms with Gasteiger partial charge in [0.2, 0.25) is 0 Å². The second-order valence-corrected chi connectivity index (χ2v) is 3.98. The SMILES string of the molecule is CCCCC/C=C/C(F)(F)C(=O)OC(C)C. The molecule has 0 aromatic heterocycles. The third kappa shape index (κ3) is 6.53. The van der Waals surface area contributed by atoms with E-state index in [1.165, 1.54) is 6.08 Å². The van der Waals surface area contributed by atoms with Crippen molar-refractivity contribution in [2.45, 2.75) is 58.5 Å². The van der Waals surface area contributed by atoms with Gasteiger partial charge in [0, 0.05) is 0 Å². The van der Waals surface area contributed by atoms with Gasteiger partial charge in [-0.1, -0.05) is 25.8 Å². The quantitative estimate of drug-likeness (QED) is 0.381. The smallest absolute Gasteiger partial charge is 0.381 e. The number of hydrogen-bond acceptors (Lipinski definition) is 2. The Morgan fingerprint density at radius 2 is 2.00 bits per heavy atom. The molecule has 0 saturated carbocycles. The normalized spacial score (nSPS) is 12.4. The lowest BCUT2D eigenvalue weighted by molar-refractivity contribution is -0.169. The molecular formula is C12H20F2O2. The van der Waals surface area contributed by atoms with Crippen molar-refractivity contribution in [1.82, 2.24) is 0 Å². The van der Waals surface area contributed by atoms with Gasteiger partial charge < -0.3 is 4.74 Å². The van der Waals surface area contributed by atoms with Crippen molar-refractivity contribution in [2.24, 2.45) is 0 Å². The van der Waals surface area contributed by atoms with E-state index in [9.17, 15) is 13.6 Å². The molecule has 4 heteroatoms. The van der Waals surface area contributed by atoms with Crippen LogP contribution >= 0.6 is 0 Å². The summed E-state index contributed by atoms with van der Waals surface area (Å²) in [5.41, 5.74) is 0. The van der Waals surface area contributed by atoms with Gasteiger partial charge >= 0.3 is 11.9 Å². The number of allylic oxidation sites excluding steroid dienone is 1. The maximum atomic E-state index is 13.1. The average molecular weight is 234 g/mol. The Bertz CT molecular complexity index is 235. The van der Waals surface area contributed by atoms with E-state index in [4.69, 9.17) is 0 Å². The Morgan fingerprint density at radius 1 is 1.38 bits per heavy atom.